The molecule has 0 bridgehead atoms. The molecule has 0 unspecified atom stereocenters. The van der Waals surface area contributed by atoms with E-state index in [0.29, 0.717) is 11.5 Å². The third kappa shape index (κ3) is 2.96. The summed E-state index contributed by atoms with van der Waals surface area (Å²) in [5.74, 6) is 0.890. The zero-order valence-corrected chi connectivity index (χ0v) is 14.9. The molecule has 23 heavy (non-hydrogen) atoms. The number of nitrogens with one attached hydrogen (secondary N) is 1. The van der Waals surface area contributed by atoms with Crippen molar-refractivity contribution in [1.82, 2.24) is 10.2 Å². The second-order valence-electron chi connectivity index (χ2n) is 8.40. The van der Waals surface area contributed by atoms with Gasteiger partial charge < -0.3 is 10.2 Å². The van der Waals surface area contributed by atoms with Gasteiger partial charge in [-0.05, 0) is 89.1 Å². The Labute approximate surface area is 141 Å². The van der Waals surface area contributed by atoms with Crippen molar-refractivity contribution in [3.8, 4) is 0 Å². The molecule has 2 heteroatoms. The van der Waals surface area contributed by atoms with Crippen molar-refractivity contribution in [1.29, 1.82) is 0 Å². The first-order valence-corrected chi connectivity index (χ1v) is 9.75. The zero-order chi connectivity index (χ0) is 15.9. The average molecular weight is 313 g/mol. The van der Waals surface area contributed by atoms with E-state index in [1.54, 1.807) is 11.1 Å². The monoisotopic (exact) mass is 312 g/mol. The van der Waals surface area contributed by atoms with Crippen LogP contribution in [0.4, 0.5) is 0 Å². The SMILES string of the molecule is CC(C)N1CCC(CN[C@@H]2C[C@]23CCCc2ccccc23)CC1. The Bertz CT molecular complexity index is 545. The minimum Gasteiger partial charge on any atom is -0.313 e. The predicted octanol–water partition coefficient (Wildman–Crippen LogP) is 3.74. The van der Waals surface area contributed by atoms with Crippen LogP contribution in [0, 0.1) is 5.92 Å². The van der Waals surface area contributed by atoms with Gasteiger partial charge in [0, 0.05) is 17.5 Å². The van der Waals surface area contributed by atoms with E-state index in [2.05, 4.69) is 48.3 Å². The molecule has 1 aromatic carbocycles. The number of likely N-dealkylation sites (tertiary alicyclic amines) is 1. The van der Waals surface area contributed by atoms with Gasteiger partial charge in [-0.15, -0.1) is 0 Å². The van der Waals surface area contributed by atoms with Crippen LogP contribution in [0.1, 0.15) is 57.1 Å². The van der Waals surface area contributed by atoms with E-state index < -0.39 is 0 Å². The molecule has 1 heterocycles. The van der Waals surface area contributed by atoms with Gasteiger partial charge in [0.05, 0.1) is 0 Å². The van der Waals surface area contributed by atoms with Crippen LogP contribution < -0.4 is 5.32 Å². The van der Waals surface area contributed by atoms with Crippen LogP contribution in [0.2, 0.25) is 0 Å². The fourth-order valence-electron chi connectivity index (χ4n) is 5.08. The minimum absolute atomic E-state index is 0.494. The first-order valence-electron chi connectivity index (χ1n) is 9.75. The summed E-state index contributed by atoms with van der Waals surface area (Å²) in [6, 6.07) is 10.7. The number of nitrogens with zero attached hydrogens (tertiary/aromatic N) is 1. The lowest BCUT2D eigenvalue weighted by Crippen LogP contribution is -2.41. The van der Waals surface area contributed by atoms with Gasteiger partial charge in [0.15, 0.2) is 0 Å². The lowest BCUT2D eigenvalue weighted by molar-refractivity contribution is 0.148. The molecule has 4 rings (SSSR count). The molecule has 2 nitrogen and oxygen atoms in total. The summed E-state index contributed by atoms with van der Waals surface area (Å²) in [6.45, 7) is 8.48. The van der Waals surface area contributed by atoms with Gasteiger partial charge in [-0.3, -0.25) is 0 Å². The second kappa shape index (κ2) is 6.22. The molecule has 1 aromatic rings. The molecule has 2 atom stereocenters. The number of hydrogen-bond donors (Lipinski definition) is 1. The number of fused-ring (bicyclic) bond motifs is 2. The predicted molar refractivity (Wildman–Crippen MR) is 96.9 cm³/mol. The van der Waals surface area contributed by atoms with Crippen LogP contribution >= 0.6 is 0 Å². The molecule has 126 valence electrons. The first-order chi connectivity index (χ1) is 11.2. The van der Waals surface area contributed by atoms with Crippen molar-refractivity contribution in [3.63, 3.8) is 0 Å². The third-order valence-corrected chi connectivity index (χ3v) is 6.73. The Kier molecular flexibility index (Phi) is 4.23. The number of benzene rings is 1. The fourth-order valence-corrected chi connectivity index (χ4v) is 5.08. The largest absolute Gasteiger partial charge is 0.313 e. The maximum atomic E-state index is 3.95. The van der Waals surface area contributed by atoms with Crippen molar-refractivity contribution in [2.45, 2.75) is 69.9 Å². The Morgan fingerprint density at radius 2 is 2.00 bits per heavy atom. The molecular weight excluding hydrogens is 280 g/mol. The Balaban J connectivity index is 1.32. The highest BCUT2D eigenvalue weighted by atomic mass is 15.2. The Morgan fingerprint density at radius 3 is 2.78 bits per heavy atom. The quantitative estimate of drug-likeness (QED) is 0.911. The van der Waals surface area contributed by atoms with Crippen molar-refractivity contribution in [3.05, 3.63) is 35.4 Å². The van der Waals surface area contributed by atoms with Gasteiger partial charge in [0.2, 0.25) is 0 Å². The third-order valence-electron chi connectivity index (χ3n) is 6.73. The van der Waals surface area contributed by atoms with E-state index >= 15 is 0 Å². The molecule has 1 N–H and O–H groups in total. The highest BCUT2D eigenvalue weighted by Gasteiger charge is 2.56. The fraction of sp³-hybridized carbons (Fsp3) is 0.714. The highest BCUT2D eigenvalue weighted by Crippen LogP contribution is 2.55. The maximum Gasteiger partial charge on any atom is 0.0174 e. The van der Waals surface area contributed by atoms with Gasteiger partial charge in [-0.2, -0.15) is 0 Å². The standard InChI is InChI=1S/C21H32N2/c1-16(2)23-12-9-17(10-13-23)15-22-20-14-21(20)11-5-7-18-6-3-4-8-19(18)21/h3-4,6,8,16-17,20,22H,5,7,9-15H2,1-2H3/t20-,21+/m1/s1. The van der Waals surface area contributed by atoms with Crippen LogP contribution in [-0.4, -0.2) is 36.6 Å². The van der Waals surface area contributed by atoms with Crippen molar-refractivity contribution >= 4 is 0 Å². The summed E-state index contributed by atoms with van der Waals surface area (Å²) in [5, 5.41) is 3.95. The van der Waals surface area contributed by atoms with Gasteiger partial charge >= 0.3 is 0 Å². The van der Waals surface area contributed by atoms with Crippen LogP contribution in [0.5, 0.6) is 0 Å². The van der Waals surface area contributed by atoms with E-state index in [4.69, 9.17) is 0 Å². The smallest absolute Gasteiger partial charge is 0.0174 e. The van der Waals surface area contributed by atoms with Crippen LogP contribution in [0.3, 0.4) is 0 Å². The van der Waals surface area contributed by atoms with E-state index in [9.17, 15) is 0 Å². The first kappa shape index (κ1) is 15.7. The van der Waals surface area contributed by atoms with Gasteiger partial charge in [-0.1, -0.05) is 24.3 Å². The number of hydrogen-bond acceptors (Lipinski definition) is 2. The summed E-state index contributed by atoms with van der Waals surface area (Å²) in [7, 11) is 0. The number of aryl methyl sites for hydroxylation is 1. The summed E-state index contributed by atoms with van der Waals surface area (Å²) >= 11 is 0. The van der Waals surface area contributed by atoms with Crippen molar-refractivity contribution in [2.75, 3.05) is 19.6 Å². The van der Waals surface area contributed by atoms with Crippen LogP contribution in [0.15, 0.2) is 24.3 Å². The molecule has 2 fully saturated rings. The molecule has 0 amide bonds. The topological polar surface area (TPSA) is 15.3 Å². The molecule has 1 saturated heterocycles. The summed E-state index contributed by atoms with van der Waals surface area (Å²) < 4.78 is 0. The summed E-state index contributed by atoms with van der Waals surface area (Å²) in [6.07, 6.45) is 8.19. The lowest BCUT2D eigenvalue weighted by atomic mass is 9.79. The lowest BCUT2D eigenvalue weighted by Gasteiger charge is -2.35. The Morgan fingerprint density at radius 1 is 1.22 bits per heavy atom. The number of rotatable bonds is 4. The molecule has 2 aliphatic carbocycles. The molecule has 0 aromatic heterocycles. The van der Waals surface area contributed by atoms with Crippen LogP contribution in [-0.2, 0) is 11.8 Å². The highest BCUT2D eigenvalue weighted by molar-refractivity contribution is 5.44. The maximum absolute atomic E-state index is 3.95. The summed E-state index contributed by atoms with van der Waals surface area (Å²) in [4.78, 5) is 2.63. The molecular formula is C21H32N2. The molecule has 3 aliphatic rings. The molecule has 1 aliphatic heterocycles. The average Bonchev–Trinajstić information content (AvgIpc) is 3.27. The number of piperidine rings is 1. The second-order valence-corrected chi connectivity index (χ2v) is 8.40. The van der Waals surface area contributed by atoms with E-state index in [1.807, 2.05) is 0 Å². The molecule has 1 saturated carbocycles. The van der Waals surface area contributed by atoms with E-state index in [-0.39, 0.29) is 0 Å². The minimum atomic E-state index is 0.494. The normalized spacial score (nSPS) is 31.5. The van der Waals surface area contributed by atoms with Gasteiger partial charge in [0.1, 0.15) is 0 Å². The van der Waals surface area contributed by atoms with Crippen molar-refractivity contribution in [2.24, 2.45) is 5.92 Å². The summed E-state index contributed by atoms with van der Waals surface area (Å²) in [5.41, 5.74) is 3.78. The van der Waals surface area contributed by atoms with E-state index in [1.165, 1.54) is 58.2 Å². The van der Waals surface area contributed by atoms with Gasteiger partial charge in [-0.25, -0.2) is 0 Å². The molecule has 1 spiro atoms. The molecule has 0 radical (unpaired) electrons. The Hall–Kier alpha value is -0.860. The van der Waals surface area contributed by atoms with E-state index in [0.717, 1.165) is 12.0 Å². The van der Waals surface area contributed by atoms with Crippen LogP contribution in [0.25, 0.3) is 0 Å². The van der Waals surface area contributed by atoms with Gasteiger partial charge in [0.25, 0.3) is 0 Å². The van der Waals surface area contributed by atoms with Crippen molar-refractivity contribution < 1.29 is 0 Å². The zero-order valence-electron chi connectivity index (χ0n) is 14.9.